The smallest absolute Gasteiger partial charge is 0.245 e. The Bertz CT molecular complexity index is 1020. The molecular weight excluding hydrogens is 400 g/mol. The largest absolute Gasteiger partial charge is 0.493 e. The van der Waals surface area contributed by atoms with E-state index in [0.29, 0.717) is 29.4 Å². The van der Waals surface area contributed by atoms with Crippen molar-refractivity contribution in [3.63, 3.8) is 0 Å². The van der Waals surface area contributed by atoms with Crippen LogP contribution in [-0.2, 0) is 16.1 Å². The van der Waals surface area contributed by atoms with Crippen LogP contribution in [-0.4, -0.2) is 43.3 Å². The number of ether oxygens (including phenoxy) is 4. The molecule has 0 aromatic heterocycles. The summed E-state index contributed by atoms with van der Waals surface area (Å²) in [5.41, 5.74) is 0.662. The summed E-state index contributed by atoms with van der Waals surface area (Å²) in [5, 5.41) is 2.94. The normalized spacial score (nSPS) is 17.2. The Kier molecular flexibility index (Phi) is 5.39. The second kappa shape index (κ2) is 8.02. The van der Waals surface area contributed by atoms with E-state index in [1.165, 1.54) is 0 Å². The molecule has 0 saturated carbocycles. The zero-order valence-corrected chi connectivity index (χ0v) is 18.1. The van der Waals surface area contributed by atoms with Crippen molar-refractivity contribution in [2.24, 2.45) is 0 Å². The number of rotatable bonds is 7. The van der Waals surface area contributed by atoms with E-state index in [2.05, 4.69) is 5.32 Å². The molecular formula is C23H26N2O6. The first-order valence-electron chi connectivity index (χ1n) is 10.1. The molecule has 0 radical (unpaired) electrons. The van der Waals surface area contributed by atoms with Crippen molar-refractivity contribution in [1.82, 2.24) is 10.2 Å². The third-order valence-corrected chi connectivity index (χ3v) is 5.81. The van der Waals surface area contributed by atoms with Gasteiger partial charge in [-0.15, -0.1) is 0 Å². The van der Waals surface area contributed by atoms with Gasteiger partial charge in [0.05, 0.1) is 26.7 Å². The highest BCUT2D eigenvalue weighted by atomic mass is 16.7. The average Bonchev–Trinajstić information content (AvgIpc) is 3.22. The van der Waals surface area contributed by atoms with Gasteiger partial charge >= 0.3 is 0 Å². The van der Waals surface area contributed by atoms with Crippen LogP contribution in [0.4, 0.5) is 0 Å². The van der Waals surface area contributed by atoms with Crippen LogP contribution < -0.4 is 24.3 Å². The highest BCUT2D eigenvalue weighted by Crippen LogP contribution is 2.43. The van der Waals surface area contributed by atoms with E-state index < -0.39 is 5.54 Å². The molecule has 2 aromatic rings. The lowest BCUT2D eigenvalue weighted by Crippen LogP contribution is -2.63. The molecule has 8 nitrogen and oxygen atoms in total. The number of carbonyl (C=O) groups excluding carboxylic acids is 2. The van der Waals surface area contributed by atoms with Crippen LogP contribution in [0.1, 0.15) is 37.4 Å². The standard InChI is InChI=1S/C23H26N2O6/c1-23(2,22(27)24-12-15-6-5-7-18(28-3)21(15)29-4)25-16(11-20(25)26)14-8-9-17-19(10-14)31-13-30-17/h5-10,16H,11-13H2,1-4H3,(H,24,27). The summed E-state index contributed by atoms with van der Waals surface area (Å²) in [4.78, 5) is 27.3. The summed E-state index contributed by atoms with van der Waals surface area (Å²) in [6.45, 7) is 3.94. The Balaban J connectivity index is 1.49. The lowest BCUT2D eigenvalue weighted by atomic mass is 9.86. The maximum atomic E-state index is 13.1. The SMILES string of the molecule is COc1cccc(CNC(=O)C(C)(C)N2C(=O)CC2c2ccc3c(c2)OCO3)c1OC. The maximum Gasteiger partial charge on any atom is 0.245 e. The summed E-state index contributed by atoms with van der Waals surface area (Å²) < 4.78 is 21.6. The van der Waals surface area contributed by atoms with Crippen molar-refractivity contribution in [3.8, 4) is 23.0 Å². The topological polar surface area (TPSA) is 86.3 Å². The van der Waals surface area contributed by atoms with E-state index in [1.807, 2.05) is 30.3 Å². The summed E-state index contributed by atoms with van der Waals surface area (Å²) >= 11 is 0. The zero-order chi connectivity index (χ0) is 22.2. The summed E-state index contributed by atoms with van der Waals surface area (Å²) in [6.07, 6.45) is 0.347. The van der Waals surface area contributed by atoms with Gasteiger partial charge in [0.1, 0.15) is 5.54 Å². The number of para-hydroxylation sites is 1. The van der Waals surface area contributed by atoms with E-state index >= 15 is 0 Å². The van der Waals surface area contributed by atoms with Gasteiger partial charge in [-0.05, 0) is 37.6 Å². The number of nitrogens with zero attached hydrogens (tertiary/aromatic N) is 1. The predicted molar refractivity (Wildman–Crippen MR) is 112 cm³/mol. The van der Waals surface area contributed by atoms with E-state index in [-0.39, 0.29) is 31.2 Å². The minimum absolute atomic E-state index is 0.0678. The van der Waals surface area contributed by atoms with Gasteiger partial charge in [-0.2, -0.15) is 0 Å². The van der Waals surface area contributed by atoms with Gasteiger partial charge < -0.3 is 29.2 Å². The minimum atomic E-state index is -1.04. The van der Waals surface area contributed by atoms with E-state index in [4.69, 9.17) is 18.9 Å². The lowest BCUT2D eigenvalue weighted by molar-refractivity contribution is -0.162. The molecule has 2 aliphatic heterocycles. The van der Waals surface area contributed by atoms with Gasteiger partial charge in [-0.1, -0.05) is 18.2 Å². The highest BCUT2D eigenvalue weighted by molar-refractivity contribution is 5.94. The molecule has 0 spiro atoms. The molecule has 1 saturated heterocycles. The third kappa shape index (κ3) is 3.62. The van der Waals surface area contributed by atoms with Crippen LogP contribution in [0.3, 0.4) is 0 Å². The Morgan fingerprint density at radius 1 is 1.16 bits per heavy atom. The summed E-state index contributed by atoms with van der Waals surface area (Å²) in [5.74, 6) is 2.18. The molecule has 2 aliphatic rings. The van der Waals surface area contributed by atoms with Gasteiger partial charge in [-0.25, -0.2) is 0 Å². The lowest BCUT2D eigenvalue weighted by Gasteiger charge is -2.49. The van der Waals surface area contributed by atoms with Crippen LogP contribution >= 0.6 is 0 Å². The number of benzene rings is 2. The number of carbonyl (C=O) groups is 2. The molecule has 164 valence electrons. The van der Waals surface area contributed by atoms with Gasteiger partial charge in [-0.3, -0.25) is 9.59 Å². The van der Waals surface area contributed by atoms with E-state index in [1.54, 1.807) is 39.0 Å². The van der Waals surface area contributed by atoms with E-state index in [0.717, 1.165) is 11.1 Å². The molecule has 1 atom stereocenters. The summed E-state index contributed by atoms with van der Waals surface area (Å²) in [6, 6.07) is 10.9. The van der Waals surface area contributed by atoms with Crippen molar-refractivity contribution < 1.29 is 28.5 Å². The van der Waals surface area contributed by atoms with Crippen LogP contribution in [0, 0.1) is 0 Å². The molecule has 2 aromatic carbocycles. The fourth-order valence-corrected chi connectivity index (χ4v) is 4.10. The Morgan fingerprint density at radius 2 is 1.94 bits per heavy atom. The number of amides is 2. The average molecular weight is 426 g/mol. The predicted octanol–water partition coefficient (Wildman–Crippen LogP) is 2.80. The van der Waals surface area contributed by atoms with Gasteiger partial charge in [0.2, 0.25) is 18.6 Å². The molecule has 1 fully saturated rings. The minimum Gasteiger partial charge on any atom is -0.493 e. The van der Waals surface area contributed by atoms with Crippen molar-refractivity contribution in [2.45, 2.75) is 38.4 Å². The quantitative estimate of drug-likeness (QED) is 0.686. The number of fused-ring (bicyclic) bond motifs is 1. The molecule has 1 unspecified atom stereocenters. The molecule has 2 amide bonds. The summed E-state index contributed by atoms with van der Waals surface area (Å²) in [7, 11) is 3.12. The first-order valence-corrected chi connectivity index (χ1v) is 10.1. The first-order chi connectivity index (χ1) is 14.9. The number of methoxy groups -OCH3 is 2. The number of hydrogen-bond acceptors (Lipinski definition) is 6. The van der Waals surface area contributed by atoms with Crippen molar-refractivity contribution in [3.05, 3.63) is 47.5 Å². The molecule has 4 rings (SSSR count). The Hall–Kier alpha value is -3.42. The molecule has 31 heavy (non-hydrogen) atoms. The van der Waals surface area contributed by atoms with Gasteiger partial charge in [0.25, 0.3) is 0 Å². The number of β-lactam (4-membered cyclic amide) rings is 1. The fraction of sp³-hybridized carbons (Fsp3) is 0.391. The van der Waals surface area contributed by atoms with Crippen LogP contribution in [0.15, 0.2) is 36.4 Å². The zero-order valence-electron chi connectivity index (χ0n) is 18.1. The van der Waals surface area contributed by atoms with Gasteiger partial charge in [0, 0.05) is 12.1 Å². The molecule has 1 N–H and O–H groups in total. The fourth-order valence-electron chi connectivity index (χ4n) is 4.10. The van der Waals surface area contributed by atoms with Crippen molar-refractivity contribution in [2.75, 3.05) is 21.0 Å². The number of likely N-dealkylation sites (tertiary alicyclic amines) is 1. The maximum absolute atomic E-state index is 13.1. The molecule has 8 heteroatoms. The Labute approximate surface area is 181 Å². The second-order valence-corrected chi connectivity index (χ2v) is 7.99. The first kappa shape index (κ1) is 20.8. The monoisotopic (exact) mass is 426 g/mol. The highest BCUT2D eigenvalue weighted by Gasteiger charge is 2.49. The Morgan fingerprint density at radius 3 is 2.65 bits per heavy atom. The van der Waals surface area contributed by atoms with Crippen molar-refractivity contribution >= 4 is 11.8 Å². The number of nitrogens with one attached hydrogen (secondary N) is 1. The molecule has 0 bridgehead atoms. The second-order valence-electron chi connectivity index (χ2n) is 7.99. The number of hydrogen-bond donors (Lipinski definition) is 1. The van der Waals surface area contributed by atoms with Crippen LogP contribution in [0.2, 0.25) is 0 Å². The molecule has 2 heterocycles. The van der Waals surface area contributed by atoms with Crippen LogP contribution in [0.25, 0.3) is 0 Å². The molecule has 0 aliphatic carbocycles. The third-order valence-electron chi connectivity index (χ3n) is 5.81. The van der Waals surface area contributed by atoms with E-state index in [9.17, 15) is 9.59 Å². The van der Waals surface area contributed by atoms with Crippen molar-refractivity contribution in [1.29, 1.82) is 0 Å². The van der Waals surface area contributed by atoms with Gasteiger partial charge in [0.15, 0.2) is 23.0 Å². The van der Waals surface area contributed by atoms with Crippen LogP contribution in [0.5, 0.6) is 23.0 Å².